The zero-order valence-corrected chi connectivity index (χ0v) is 15.5. The summed E-state index contributed by atoms with van der Waals surface area (Å²) in [6.45, 7) is 5.50. The lowest BCUT2D eigenvalue weighted by Crippen LogP contribution is -2.41. The van der Waals surface area contributed by atoms with Crippen LogP contribution in [0.1, 0.15) is 43.0 Å². The summed E-state index contributed by atoms with van der Waals surface area (Å²) in [7, 11) is 0. The van der Waals surface area contributed by atoms with Crippen LogP contribution in [0.15, 0.2) is 24.3 Å². The third-order valence-corrected chi connectivity index (χ3v) is 5.45. The van der Waals surface area contributed by atoms with E-state index in [0.29, 0.717) is 12.5 Å². The van der Waals surface area contributed by atoms with Crippen LogP contribution >= 0.6 is 0 Å². The van der Waals surface area contributed by atoms with Crippen molar-refractivity contribution in [3.8, 4) is 0 Å². The van der Waals surface area contributed by atoms with Gasteiger partial charge < -0.3 is 15.3 Å². The van der Waals surface area contributed by atoms with Crippen LogP contribution in [0.4, 0.5) is 5.69 Å². The number of nitrogens with zero attached hydrogens (tertiary/aromatic N) is 2. The summed E-state index contributed by atoms with van der Waals surface area (Å²) in [4.78, 5) is 28.2. The second kappa shape index (κ2) is 8.54. The zero-order valence-electron chi connectivity index (χ0n) is 15.5. The van der Waals surface area contributed by atoms with E-state index in [1.54, 1.807) is 0 Å². The highest BCUT2D eigenvalue weighted by atomic mass is 16.4. The van der Waals surface area contributed by atoms with Crippen LogP contribution in [-0.4, -0.2) is 60.6 Å². The van der Waals surface area contributed by atoms with Crippen molar-refractivity contribution in [2.75, 3.05) is 37.6 Å². The molecule has 1 aromatic carbocycles. The normalized spacial score (nSPS) is 23.3. The molecule has 2 N–H and O–H groups in total. The number of hydrogen-bond donors (Lipinski definition) is 2. The molecule has 0 saturated carbocycles. The first kappa shape index (κ1) is 18.7. The largest absolute Gasteiger partial charge is 0.480 e. The van der Waals surface area contributed by atoms with Crippen LogP contribution < -0.4 is 10.2 Å². The summed E-state index contributed by atoms with van der Waals surface area (Å²) >= 11 is 0. The molecule has 2 aliphatic heterocycles. The molecule has 2 fully saturated rings. The zero-order chi connectivity index (χ0) is 18.5. The topological polar surface area (TPSA) is 72.9 Å². The third kappa shape index (κ3) is 4.36. The molecule has 2 heterocycles. The van der Waals surface area contributed by atoms with Gasteiger partial charge in [0.15, 0.2) is 0 Å². The van der Waals surface area contributed by atoms with Crippen LogP contribution in [0.2, 0.25) is 0 Å². The van der Waals surface area contributed by atoms with Gasteiger partial charge in [-0.15, -0.1) is 0 Å². The maximum Gasteiger partial charge on any atom is 0.317 e. The van der Waals surface area contributed by atoms with Crippen molar-refractivity contribution in [2.24, 2.45) is 5.92 Å². The summed E-state index contributed by atoms with van der Waals surface area (Å²) < 4.78 is 0. The predicted molar refractivity (Wildman–Crippen MR) is 102 cm³/mol. The van der Waals surface area contributed by atoms with Crippen molar-refractivity contribution in [3.63, 3.8) is 0 Å². The first-order chi connectivity index (χ1) is 12.6. The molecule has 0 aliphatic carbocycles. The summed E-state index contributed by atoms with van der Waals surface area (Å²) in [5.41, 5.74) is 1.73. The van der Waals surface area contributed by atoms with Crippen LogP contribution in [0.5, 0.6) is 0 Å². The number of rotatable bonds is 7. The summed E-state index contributed by atoms with van der Waals surface area (Å²) in [6, 6.07) is 7.81. The number of benzene rings is 1. The molecule has 0 bridgehead atoms. The fourth-order valence-electron chi connectivity index (χ4n) is 4.25. The van der Waals surface area contributed by atoms with Crippen LogP contribution in [-0.2, 0) is 4.79 Å². The second-order valence-corrected chi connectivity index (χ2v) is 7.43. The van der Waals surface area contributed by atoms with E-state index < -0.39 is 5.97 Å². The molecule has 3 rings (SSSR count). The number of anilines is 1. The second-order valence-electron chi connectivity index (χ2n) is 7.43. The van der Waals surface area contributed by atoms with E-state index in [1.807, 2.05) is 29.2 Å². The molecule has 1 amide bonds. The van der Waals surface area contributed by atoms with Gasteiger partial charge in [0.1, 0.15) is 0 Å². The Morgan fingerprint density at radius 3 is 2.62 bits per heavy atom. The lowest BCUT2D eigenvalue weighted by molar-refractivity contribution is -0.138. The van der Waals surface area contributed by atoms with Crippen LogP contribution in [0, 0.1) is 5.92 Å². The Labute approximate surface area is 155 Å². The fourth-order valence-corrected chi connectivity index (χ4v) is 4.25. The number of carboxylic acid groups (broad SMARTS) is 1. The van der Waals surface area contributed by atoms with Gasteiger partial charge in [0.25, 0.3) is 5.91 Å². The predicted octanol–water partition coefficient (Wildman–Crippen LogP) is 2.20. The highest BCUT2D eigenvalue weighted by Crippen LogP contribution is 2.26. The van der Waals surface area contributed by atoms with Gasteiger partial charge in [0.05, 0.1) is 12.1 Å². The van der Waals surface area contributed by atoms with Gasteiger partial charge in [-0.3, -0.25) is 14.5 Å². The standard InChI is InChI=1S/C20H29N3O3/c1-2-7-15-12-22(14-19(24)25)13-17(15)21-20(26)16-8-3-4-9-18(16)23-10-5-6-11-23/h3-4,8-9,15,17H,2,5-7,10-14H2,1H3,(H,21,26)(H,24,25)/t15-,17-/m1/s1. The van der Waals surface area contributed by atoms with Crippen molar-refractivity contribution in [1.82, 2.24) is 10.2 Å². The number of amides is 1. The number of hydrogen-bond acceptors (Lipinski definition) is 4. The van der Waals surface area contributed by atoms with Crippen LogP contribution in [0.3, 0.4) is 0 Å². The average molecular weight is 359 g/mol. The fraction of sp³-hybridized carbons (Fsp3) is 0.600. The summed E-state index contributed by atoms with van der Waals surface area (Å²) in [6.07, 6.45) is 4.36. The van der Waals surface area contributed by atoms with Crippen molar-refractivity contribution < 1.29 is 14.7 Å². The number of para-hydroxylation sites is 1. The van der Waals surface area contributed by atoms with Gasteiger partial charge in [-0.05, 0) is 37.3 Å². The molecule has 1 aromatic rings. The Morgan fingerprint density at radius 1 is 1.19 bits per heavy atom. The van der Waals surface area contributed by atoms with Gasteiger partial charge in [-0.2, -0.15) is 0 Å². The van der Waals surface area contributed by atoms with E-state index in [1.165, 1.54) is 12.8 Å². The quantitative estimate of drug-likeness (QED) is 0.781. The minimum atomic E-state index is -0.813. The number of carboxylic acids is 1. The Morgan fingerprint density at radius 2 is 1.92 bits per heavy atom. The molecule has 0 aromatic heterocycles. The van der Waals surface area contributed by atoms with Gasteiger partial charge >= 0.3 is 5.97 Å². The van der Waals surface area contributed by atoms with E-state index in [0.717, 1.165) is 43.7 Å². The van der Waals surface area contributed by atoms with Crippen molar-refractivity contribution in [3.05, 3.63) is 29.8 Å². The molecule has 26 heavy (non-hydrogen) atoms. The molecule has 2 atom stereocenters. The number of carbonyl (C=O) groups excluding carboxylic acids is 1. The maximum atomic E-state index is 13.0. The molecular weight excluding hydrogens is 330 g/mol. The van der Waals surface area contributed by atoms with E-state index in [9.17, 15) is 9.59 Å². The monoisotopic (exact) mass is 359 g/mol. The molecule has 6 heteroatoms. The molecule has 2 aliphatic rings. The van der Waals surface area contributed by atoms with Gasteiger partial charge in [-0.25, -0.2) is 0 Å². The Kier molecular flexibility index (Phi) is 6.14. The van der Waals surface area contributed by atoms with E-state index >= 15 is 0 Å². The molecule has 0 radical (unpaired) electrons. The molecule has 142 valence electrons. The Hall–Kier alpha value is -2.08. The van der Waals surface area contributed by atoms with E-state index in [2.05, 4.69) is 17.1 Å². The third-order valence-electron chi connectivity index (χ3n) is 5.45. The summed E-state index contributed by atoms with van der Waals surface area (Å²) in [5.74, 6) is -0.551. The smallest absolute Gasteiger partial charge is 0.317 e. The average Bonchev–Trinajstić information content (AvgIpc) is 3.25. The Bertz CT molecular complexity index is 643. The van der Waals surface area contributed by atoms with Gasteiger partial charge in [0, 0.05) is 37.9 Å². The van der Waals surface area contributed by atoms with Gasteiger partial charge in [0.2, 0.25) is 0 Å². The molecule has 0 unspecified atom stereocenters. The van der Waals surface area contributed by atoms with Gasteiger partial charge in [-0.1, -0.05) is 25.5 Å². The SMILES string of the molecule is CCC[C@@H]1CN(CC(=O)O)C[C@H]1NC(=O)c1ccccc1N1CCCC1. The number of aliphatic carboxylic acids is 1. The minimum absolute atomic E-state index is 0.00781. The van der Waals surface area contributed by atoms with Crippen molar-refractivity contribution in [2.45, 2.75) is 38.6 Å². The number of likely N-dealkylation sites (tertiary alicyclic amines) is 1. The number of nitrogens with one attached hydrogen (secondary N) is 1. The molecule has 2 saturated heterocycles. The van der Waals surface area contributed by atoms with E-state index in [4.69, 9.17) is 5.11 Å². The molecule has 0 spiro atoms. The molecular formula is C20H29N3O3. The van der Waals surface area contributed by atoms with E-state index in [-0.39, 0.29) is 18.5 Å². The highest BCUT2D eigenvalue weighted by Gasteiger charge is 2.34. The highest BCUT2D eigenvalue weighted by molar-refractivity contribution is 6.00. The Balaban J connectivity index is 1.71. The summed E-state index contributed by atoms with van der Waals surface area (Å²) in [5, 5.41) is 12.3. The number of carbonyl (C=O) groups is 2. The maximum absolute atomic E-state index is 13.0. The van der Waals surface area contributed by atoms with Crippen molar-refractivity contribution >= 4 is 17.6 Å². The molecule has 6 nitrogen and oxygen atoms in total. The first-order valence-electron chi connectivity index (χ1n) is 9.67. The lowest BCUT2D eigenvalue weighted by atomic mass is 9.98. The van der Waals surface area contributed by atoms with Crippen molar-refractivity contribution in [1.29, 1.82) is 0 Å². The minimum Gasteiger partial charge on any atom is -0.480 e. The first-order valence-corrected chi connectivity index (χ1v) is 9.67. The lowest BCUT2D eigenvalue weighted by Gasteiger charge is -2.23. The van der Waals surface area contributed by atoms with Crippen LogP contribution in [0.25, 0.3) is 0 Å².